The van der Waals surface area contributed by atoms with Crippen LogP contribution in [0.5, 0.6) is 0 Å². The second kappa shape index (κ2) is 18.7. The summed E-state index contributed by atoms with van der Waals surface area (Å²) in [6.45, 7) is 6.50. The van der Waals surface area contributed by atoms with Gasteiger partial charge in [0.05, 0.1) is 29.5 Å². The number of nitrogens with two attached hydrogens (primary N) is 1. The third-order valence-electron chi connectivity index (χ3n) is 10.6. The van der Waals surface area contributed by atoms with E-state index < -0.39 is 48.1 Å². The van der Waals surface area contributed by atoms with E-state index in [2.05, 4.69) is 36.3 Å². The van der Waals surface area contributed by atoms with Gasteiger partial charge in [0, 0.05) is 30.2 Å². The van der Waals surface area contributed by atoms with Crippen LogP contribution in [0.15, 0.2) is 95.8 Å². The SMILES string of the molecule is CC(C)CCCCC(=O)N(C(=O)C(Cc1cscn1)NC(=O)C(Cc1cccc2ccccc12)Cc1cccc2ccccc12)[C@H](CO)[C@@](C)(O)[C@H](C)N. The predicted molar refractivity (Wildman–Crippen MR) is 217 cm³/mol. The summed E-state index contributed by atoms with van der Waals surface area (Å²) in [7, 11) is 0. The quantitative estimate of drug-likeness (QED) is 0.0738. The summed E-state index contributed by atoms with van der Waals surface area (Å²) in [4.78, 5) is 49.1. The molecule has 5 N–H and O–H groups in total. The number of hydrogen-bond acceptors (Lipinski definition) is 8. The van der Waals surface area contributed by atoms with E-state index in [-0.39, 0.29) is 18.7 Å². The number of thiazole rings is 1. The monoisotopic (exact) mass is 750 g/mol. The lowest BCUT2D eigenvalue weighted by atomic mass is 9.87. The Morgan fingerprint density at radius 3 is 1.94 bits per heavy atom. The second-order valence-electron chi connectivity index (χ2n) is 15.1. The summed E-state index contributed by atoms with van der Waals surface area (Å²) >= 11 is 1.36. The van der Waals surface area contributed by atoms with Gasteiger partial charge in [0.15, 0.2) is 0 Å². The smallest absolute Gasteiger partial charge is 0.252 e. The number of imide groups is 1. The third kappa shape index (κ3) is 9.98. The maximum Gasteiger partial charge on any atom is 0.252 e. The largest absolute Gasteiger partial charge is 0.394 e. The number of carbonyl (C=O) groups excluding carboxylic acids is 3. The molecule has 5 aromatic rings. The van der Waals surface area contributed by atoms with Crippen molar-refractivity contribution in [1.82, 2.24) is 15.2 Å². The van der Waals surface area contributed by atoms with Crippen LogP contribution in [0.2, 0.25) is 0 Å². The predicted octanol–water partition coefficient (Wildman–Crippen LogP) is 6.61. The number of aliphatic hydroxyl groups is 2. The van der Waals surface area contributed by atoms with Gasteiger partial charge in [0.1, 0.15) is 6.04 Å². The number of fused-ring (bicyclic) bond motifs is 2. The highest BCUT2D eigenvalue weighted by Crippen LogP contribution is 2.28. The second-order valence-corrected chi connectivity index (χ2v) is 15.8. The van der Waals surface area contributed by atoms with E-state index in [1.54, 1.807) is 17.8 Å². The van der Waals surface area contributed by atoms with Crippen molar-refractivity contribution in [2.45, 2.75) is 96.4 Å². The maximum atomic E-state index is 14.8. The summed E-state index contributed by atoms with van der Waals surface area (Å²) in [5, 5.41) is 31.3. The topological polar surface area (TPSA) is 146 Å². The van der Waals surface area contributed by atoms with Crippen LogP contribution in [0.4, 0.5) is 0 Å². The molecule has 3 amide bonds. The Labute approximate surface area is 322 Å². The first kappa shape index (κ1) is 40.7. The average molecular weight is 751 g/mol. The molecule has 0 saturated carbocycles. The van der Waals surface area contributed by atoms with Crippen LogP contribution in [0, 0.1) is 11.8 Å². The number of rotatable bonds is 18. The Balaban J connectivity index is 1.53. The lowest BCUT2D eigenvalue weighted by molar-refractivity contribution is -0.160. The van der Waals surface area contributed by atoms with Crippen LogP contribution in [0.1, 0.15) is 70.2 Å². The molecule has 4 atom stereocenters. The third-order valence-corrected chi connectivity index (χ3v) is 11.2. The lowest BCUT2D eigenvalue weighted by Gasteiger charge is -2.42. The van der Waals surface area contributed by atoms with E-state index in [9.17, 15) is 24.6 Å². The highest BCUT2D eigenvalue weighted by atomic mass is 32.1. The molecule has 0 bridgehead atoms. The minimum absolute atomic E-state index is 0.0128. The summed E-state index contributed by atoms with van der Waals surface area (Å²) in [6.07, 6.45) is 3.06. The van der Waals surface area contributed by atoms with E-state index in [1.807, 2.05) is 72.8 Å². The van der Waals surface area contributed by atoms with Crippen LogP contribution in [-0.2, 0) is 33.6 Å². The van der Waals surface area contributed by atoms with Gasteiger partial charge in [-0.25, -0.2) is 4.98 Å². The molecule has 286 valence electrons. The maximum absolute atomic E-state index is 14.8. The molecule has 0 spiro atoms. The molecule has 0 aliphatic carbocycles. The minimum atomic E-state index is -1.82. The molecule has 9 nitrogen and oxygen atoms in total. The van der Waals surface area contributed by atoms with Gasteiger partial charge in [0.2, 0.25) is 11.8 Å². The fourth-order valence-corrected chi connectivity index (χ4v) is 7.74. The molecule has 1 aromatic heterocycles. The number of unbranched alkanes of at least 4 members (excludes halogenated alkanes) is 1. The fraction of sp³-hybridized carbons (Fsp3) is 0.409. The molecule has 1 unspecified atom stereocenters. The Morgan fingerprint density at radius 2 is 1.43 bits per heavy atom. The number of nitrogens with zero attached hydrogens (tertiary/aromatic N) is 2. The number of carbonyl (C=O) groups is 3. The number of hydrogen-bond donors (Lipinski definition) is 4. The Morgan fingerprint density at radius 1 is 0.852 bits per heavy atom. The van der Waals surface area contributed by atoms with Crippen molar-refractivity contribution >= 4 is 50.6 Å². The molecule has 0 fully saturated rings. The lowest BCUT2D eigenvalue weighted by Crippen LogP contribution is -2.66. The Kier molecular flexibility index (Phi) is 14.1. The van der Waals surface area contributed by atoms with Gasteiger partial charge in [-0.2, -0.15) is 0 Å². The van der Waals surface area contributed by atoms with Crippen molar-refractivity contribution in [1.29, 1.82) is 0 Å². The fourth-order valence-electron chi connectivity index (χ4n) is 7.17. The van der Waals surface area contributed by atoms with E-state index in [0.717, 1.165) is 50.4 Å². The van der Waals surface area contributed by atoms with E-state index >= 15 is 0 Å². The average Bonchev–Trinajstić information content (AvgIpc) is 3.68. The van der Waals surface area contributed by atoms with Gasteiger partial charge in [-0.3, -0.25) is 19.3 Å². The first-order chi connectivity index (χ1) is 25.9. The minimum Gasteiger partial charge on any atom is -0.394 e. The van der Waals surface area contributed by atoms with Crippen molar-refractivity contribution < 1.29 is 24.6 Å². The van der Waals surface area contributed by atoms with Crippen LogP contribution < -0.4 is 11.1 Å². The summed E-state index contributed by atoms with van der Waals surface area (Å²) in [5.74, 6) is -1.76. The molecule has 54 heavy (non-hydrogen) atoms. The van der Waals surface area contributed by atoms with Gasteiger partial charge in [-0.15, -0.1) is 11.3 Å². The molecule has 0 aliphatic heterocycles. The summed E-state index contributed by atoms with van der Waals surface area (Å²) in [5.41, 5.74) is 8.59. The number of aromatic nitrogens is 1. The summed E-state index contributed by atoms with van der Waals surface area (Å²) < 4.78 is 0. The van der Waals surface area contributed by atoms with Crippen LogP contribution in [-0.4, -0.2) is 68.2 Å². The normalized spacial score (nSPS) is 14.5. The molecule has 5 rings (SSSR count). The highest BCUT2D eigenvalue weighted by molar-refractivity contribution is 7.07. The molecule has 0 radical (unpaired) electrons. The van der Waals surface area contributed by atoms with Gasteiger partial charge >= 0.3 is 0 Å². The summed E-state index contributed by atoms with van der Waals surface area (Å²) in [6, 6.07) is 24.8. The van der Waals surface area contributed by atoms with Crippen molar-refractivity contribution in [2.24, 2.45) is 17.6 Å². The Hall–Kier alpha value is -4.48. The molecule has 0 aliphatic rings. The van der Waals surface area contributed by atoms with E-state index in [4.69, 9.17) is 5.73 Å². The number of benzene rings is 4. The Bertz CT molecular complexity index is 1920. The van der Waals surface area contributed by atoms with E-state index in [0.29, 0.717) is 30.9 Å². The van der Waals surface area contributed by atoms with Crippen molar-refractivity contribution in [2.75, 3.05) is 6.61 Å². The standard InChI is InChI=1S/C44H54N4O5S/c1-29(2)13-5-10-22-41(50)48(40(26-49)44(4,53)30(3)45)43(52)39(25-36-27-54-28-46-36)47-42(51)35(23-33-18-11-16-31-14-6-8-20-37(31)33)24-34-19-12-17-32-15-7-9-21-38(32)34/h6-9,11-12,14-21,27-30,35,39-40,49,53H,5,10,13,22-26,45H2,1-4H3,(H,47,51)/t30-,39?,40+,44-/m0/s1. The van der Waals surface area contributed by atoms with Gasteiger partial charge in [-0.05, 0) is 71.7 Å². The number of aliphatic hydroxyl groups excluding tert-OH is 1. The zero-order valence-corrected chi connectivity index (χ0v) is 32.6. The molecule has 1 heterocycles. The van der Waals surface area contributed by atoms with Crippen LogP contribution in [0.25, 0.3) is 21.5 Å². The van der Waals surface area contributed by atoms with Gasteiger partial charge in [-0.1, -0.05) is 112 Å². The first-order valence-electron chi connectivity index (χ1n) is 19.0. The van der Waals surface area contributed by atoms with Crippen molar-refractivity contribution in [3.63, 3.8) is 0 Å². The van der Waals surface area contributed by atoms with Gasteiger partial charge in [0.25, 0.3) is 5.91 Å². The molecule has 4 aromatic carbocycles. The van der Waals surface area contributed by atoms with Crippen LogP contribution in [0.3, 0.4) is 0 Å². The van der Waals surface area contributed by atoms with Gasteiger partial charge < -0.3 is 21.3 Å². The number of nitrogens with one attached hydrogen (secondary N) is 1. The molecular weight excluding hydrogens is 697 g/mol. The van der Waals surface area contributed by atoms with Crippen LogP contribution >= 0.6 is 11.3 Å². The molecule has 0 saturated heterocycles. The zero-order valence-electron chi connectivity index (χ0n) is 31.8. The van der Waals surface area contributed by atoms with Crippen molar-refractivity contribution in [3.8, 4) is 0 Å². The first-order valence-corrected chi connectivity index (χ1v) is 19.9. The van der Waals surface area contributed by atoms with E-state index in [1.165, 1.54) is 18.3 Å². The highest BCUT2D eigenvalue weighted by Gasteiger charge is 2.45. The number of amides is 3. The van der Waals surface area contributed by atoms with Crippen molar-refractivity contribution in [3.05, 3.63) is 113 Å². The zero-order chi connectivity index (χ0) is 38.8. The molecule has 10 heteroatoms. The molecular formula is C44H54N4O5S.